The van der Waals surface area contributed by atoms with E-state index in [-0.39, 0.29) is 19.1 Å². The maximum absolute atomic E-state index is 14.8. The highest BCUT2D eigenvalue weighted by Gasteiger charge is 2.50. The van der Waals surface area contributed by atoms with Gasteiger partial charge in [-0.25, -0.2) is 14.4 Å². The van der Waals surface area contributed by atoms with Gasteiger partial charge in [-0.3, -0.25) is 9.69 Å². The van der Waals surface area contributed by atoms with Crippen LogP contribution >= 0.6 is 0 Å². The van der Waals surface area contributed by atoms with E-state index in [4.69, 9.17) is 0 Å². The number of carbonyl (C=O) groups excluding carboxylic acids is 1. The lowest BCUT2D eigenvalue weighted by Crippen LogP contribution is -2.66. The molecule has 1 fully saturated rings. The number of aryl methyl sites for hydroxylation is 1. The van der Waals surface area contributed by atoms with Gasteiger partial charge in [0.15, 0.2) is 0 Å². The lowest BCUT2D eigenvalue weighted by atomic mass is 9.93. The predicted octanol–water partition coefficient (Wildman–Crippen LogP) is 3.31. The Bertz CT molecular complexity index is 1050. The van der Waals surface area contributed by atoms with Crippen LogP contribution in [0.2, 0.25) is 0 Å². The summed E-state index contributed by atoms with van der Waals surface area (Å²) in [5.41, 5.74) is 0.176. The number of carbonyl (C=O) groups is 1. The van der Waals surface area contributed by atoms with E-state index in [1.54, 1.807) is 12.3 Å². The van der Waals surface area contributed by atoms with Gasteiger partial charge < -0.3 is 9.88 Å². The van der Waals surface area contributed by atoms with E-state index in [0.29, 0.717) is 5.82 Å². The summed E-state index contributed by atoms with van der Waals surface area (Å²) in [5, 5.41) is 4.51. The Labute approximate surface area is 163 Å². The van der Waals surface area contributed by atoms with Crippen molar-refractivity contribution in [3.05, 3.63) is 42.5 Å². The number of hydrogen-bond acceptors (Lipinski definition) is 4. The first-order valence-corrected chi connectivity index (χ1v) is 9.40. The molecule has 1 N–H and O–H groups in total. The number of hydrogen-bond donors (Lipinski definition) is 1. The van der Waals surface area contributed by atoms with Crippen molar-refractivity contribution < 1.29 is 9.18 Å². The van der Waals surface area contributed by atoms with Gasteiger partial charge in [-0.1, -0.05) is 12.1 Å². The molecule has 28 heavy (non-hydrogen) atoms. The second-order valence-electron chi connectivity index (χ2n) is 7.80. The molecule has 0 radical (unpaired) electrons. The Balaban J connectivity index is 1.57. The fourth-order valence-electron chi connectivity index (χ4n) is 3.47. The van der Waals surface area contributed by atoms with Crippen molar-refractivity contribution in [2.75, 3.05) is 18.4 Å². The first-order valence-electron chi connectivity index (χ1n) is 9.40. The van der Waals surface area contributed by atoms with Crippen molar-refractivity contribution in [2.45, 2.75) is 32.5 Å². The van der Waals surface area contributed by atoms with Crippen LogP contribution in [-0.2, 0) is 11.8 Å². The number of halogens is 1. The third-order valence-corrected chi connectivity index (χ3v) is 5.52. The van der Waals surface area contributed by atoms with E-state index >= 15 is 0 Å². The number of alkyl halides is 1. The smallest absolute Gasteiger partial charge is 0.265 e. The van der Waals surface area contributed by atoms with Crippen LogP contribution in [0.15, 0.2) is 36.7 Å². The summed E-state index contributed by atoms with van der Waals surface area (Å²) in [6.45, 7) is 6.17. The van der Waals surface area contributed by atoms with Gasteiger partial charge in [-0.05, 0) is 38.3 Å². The number of anilines is 1. The summed E-state index contributed by atoms with van der Waals surface area (Å²) in [5.74, 6) is 0.660. The molecule has 3 heterocycles. The molecule has 4 rings (SSSR count). The molecule has 0 spiro atoms. The lowest BCUT2D eigenvalue weighted by Gasteiger charge is -2.45. The second-order valence-corrected chi connectivity index (χ2v) is 7.80. The average Bonchev–Trinajstić information content (AvgIpc) is 2.97. The Hall–Kier alpha value is -2.80. The van der Waals surface area contributed by atoms with Gasteiger partial charge in [-0.2, -0.15) is 0 Å². The largest absolute Gasteiger partial charge is 0.331 e. The number of aromatic nitrogens is 3. The fourth-order valence-corrected chi connectivity index (χ4v) is 3.47. The zero-order chi connectivity index (χ0) is 20.1. The minimum Gasteiger partial charge on any atom is -0.331 e. The minimum atomic E-state index is -1.85. The first-order chi connectivity index (χ1) is 13.3. The highest BCUT2D eigenvalue weighted by atomic mass is 19.1. The Morgan fingerprint density at radius 1 is 1.18 bits per heavy atom. The molecule has 1 amide bonds. The van der Waals surface area contributed by atoms with Crippen LogP contribution in [0.1, 0.15) is 19.7 Å². The molecule has 1 aliphatic heterocycles. The highest BCUT2D eigenvalue weighted by Crippen LogP contribution is 2.30. The first kappa shape index (κ1) is 18.6. The molecule has 0 saturated carbocycles. The summed E-state index contributed by atoms with van der Waals surface area (Å²) in [4.78, 5) is 22.9. The zero-order valence-electron chi connectivity index (χ0n) is 16.5. The summed E-state index contributed by atoms with van der Waals surface area (Å²) in [7, 11) is 1.97. The molecule has 2 aromatic heterocycles. The van der Waals surface area contributed by atoms with Crippen molar-refractivity contribution in [3.63, 3.8) is 0 Å². The van der Waals surface area contributed by atoms with Gasteiger partial charge in [0.05, 0.1) is 11.9 Å². The van der Waals surface area contributed by atoms with Crippen LogP contribution in [0.4, 0.5) is 10.2 Å². The van der Waals surface area contributed by atoms with Gasteiger partial charge in [-0.15, -0.1) is 0 Å². The Morgan fingerprint density at radius 2 is 1.93 bits per heavy atom. The quantitative estimate of drug-likeness (QED) is 0.753. The summed E-state index contributed by atoms with van der Waals surface area (Å²) >= 11 is 0. The maximum atomic E-state index is 14.8. The molecule has 3 aromatic rings. The lowest BCUT2D eigenvalue weighted by molar-refractivity contribution is -0.141. The van der Waals surface area contributed by atoms with Crippen LogP contribution in [-0.4, -0.2) is 50.1 Å². The Morgan fingerprint density at radius 3 is 2.57 bits per heavy atom. The van der Waals surface area contributed by atoms with Crippen LogP contribution in [0.5, 0.6) is 0 Å². The van der Waals surface area contributed by atoms with Crippen molar-refractivity contribution >= 4 is 22.5 Å². The SMILES string of the molecule is Cc1ncc(-c2ccc3cnc(NC(=O)C4(F)CN(C(C)C)C4)cc3c2)n1C. The maximum Gasteiger partial charge on any atom is 0.265 e. The standard InChI is InChI=1S/C21H24FN5O/c1-13(2)27-11-21(22,12-27)20(28)25-19-8-17-7-15(5-6-16(17)9-24-19)18-10-23-14(3)26(18)4/h5-10,13H,11-12H2,1-4H3,(H,24,25,28). The number of likely N-dealkylation sites (tertiary alicyclic amines) is 1. The topological polar surface area (TPSA) is 63.1 Å². The fraction of sp³-hybridized carbons (Fsp3) is 0.381. The van der Waals surface area contributed by atoms with Crippen molar-refractivity contribution in [1.82, 2.24) is 19.4 Å². The van der Waals surface area contributed by atoms with Gasteiger partial charge in [0.25, 0.3) is 5.91 Å². The summed E-state index contributed by atoms with van der Waals surface area (Å²) < 4.78 is 16.8. The van der Waals surface area contributed by atoms with Crippen molar-refractivity contribution in [2.24, 2.45) is 7.05 Å². The van der Waals surface area contributed by atoms with Crippen molar-refractivity contribution in [3.8, 4) is 11.3 Å². The molecule has 7 heteroatoms. The van der Waals surface area contributed by atoms with Crippen molar-refractivity contribution in [1.29, 1.82) is 0 Å². The molecule has 6 nitrogen and oxygen atoms in total. The van der Waals surface area contributed by atoms with E-state index < -0.39 is 11.6 Å². The highest BCUT2D eigenvalue weighted by molar-refractivity contribution is 5.99. The molecule has 0 bridgehead atoms. The van der Waals surface area contributed by atoms with E-state index in [1.807, 2.05) is 61.7 Å². The number of nitrogens with one attached hydrogen (secondary N) is 1. The van der Waals surface area contributed by atoms with E-state index in [2.05, 4.69) is 15.3 Å². The second kappa shape index (κ2) is 6.67. The summed E-state index contributed by atoms with van der Waals surface area (Å²) in [6, 6.07) is 8.03. The van der Waals surface area contributed by atoms with E-state index in [9.17, 15) is 9.18 Å². The third-order valence-electron chi connectivity index (χ3n) is 5.52. The van der Waals surface area contributed by atoms with Crippen LogP contribution < -0.4 is 5.32 Å². The monoisotopic (exact) mass is 381 g/mol. The van der Waals surface area contributed by atoms with E-state index in [1.165, 1.54) is 0 Å². The molecule has 1 aromatic carbocycles. The molecule has 0 aliphatic carbocycles. The molecular weight excluding hydrogens is 357 g/mol. The molecular formula is C21H24FN5O. The van der Waals surface area contributed by atoms with Gasteiger partial charge >= 0.3 is 0 Å². The molecule has 0 unspecified atom stereocenters. The molecule has 1 saturated heterocycles. The third kappa shape index (κ3) is 3.16. The number of benzene rings is 1. The minimum absolute atomic E-state index is 0.119. The Kier molecular flexibility index (Phi) is 4.42. The predicted molar refractivity (Wildman–Crippen MR) is 108 cm³/mol. The van der Waals surface area contributed by atoms with E-state index in [0.717, 1.165) is 27.9 Å². The van der Waals surface area contributed by atoms with Gasteiger partial charge in [0.2, 0.25) is 5.67 Å². The number of nitrogens with zero attached hydrogens (tertiary/aromatic N) is 4. The molecule has 146 valence electrons. The molecule has 0 atom stereocenters. The van der Waals surface area contributed by atoms with Crippen LogP contribution in [0.3, 0.4) is 0 Å². The normalized spacial score (nSPS) is 16.4. The summed E-state index contributed by atoms with van der Waals surface area (Å²) in [6.07, 6.45) is 3.53. The number of fused-ring (bicyclic) bond motifs is 1. The molecule has 1 aliphatic rings. The number of amides is 1. The van der Waals surface area contributed by atoms with Crippen LogP contribution in [0, 0.1) is 6.92 Å². The van der Waals surface area contributed by atoms with Crippen LogP contribution in [0.25, 0.3) is 22.0 Å². The average molecular weight is 381 g/mol. The van der Waals surface area contributed by atoms with Gasteiger partial charge in [0.1, 0.15) is 11.6 Å². The number of imidazole rings is 1. The number of rotatable bonds is 4. The van der Waals surface area contributed by atoms with Gasteiger partial charge in [0, 0.05) is 43.3 Å². The number of pyridine rings is 1. The zero-order valence-corrected chi connectivity index (χ0v) is 16.5.